The van der Waals surface area contributed by atoms with E-state index in [2.05, 4.69) is 12.1 Å². The Kier molecular flexibility index (Phi) is 3.65. The van der Waals surface area contributed by atoms with Crippen LogP contribution < -0.4 is 14.2 Å². The van der Waals surface area contributed by atoms with Crippen LogP contribution in [0.4, 0.5) is 0 Å². The predicted molar refractivity (Wildman–Crippen MR) is 77.9 cm³/mol. The average molecular weight is 281 g/mol. The smallest absolute Gasteiger partial charge is 0.162 e. The number of methoxy groups -OCH3 is 1. The van der Waals surface area contributed by atoms with Gasteiger partial charge >= 0.3 is 0 Å². The Morgan fingerprint density at radius 3 is 2.90 bits per heavy atom. The van der Waals surface area contributed by atoms with Gasteiger partial charge in [0.05, 0.1) is 37.9 Å². The lowest BCUT2D eigenvalue weighted by atomic mass is 10.0. The quantitative estimate of drug-likeness (QED) is 0.864. The first-order valence-electron chi connectivity index (χ1n) is 6.74. The highest BCUT2D eigenvalue weighted by atomic mass is 16.5. The van der Waals surface area contributed by atoms with Crippen molar-refractivity contribution in [2.45, 2.75) is 5.92 Å². The highest BCUT2D eigenvalue weighted by molar-refractivity contribution is 5.47. The molecule has 1 atom stereocenters. The van der Waals surface area contributed by atoms with Gasteiger partial charge < -0.3 is 14.2 Å². The Hall–Kier alpha value is -2.67. The van der Waals surface area contributed by atoms with E-state index in [0.29, 0.717) is 30.3 Å². The first-order valence-corrected chi connectivity index (χ1v) is 6.74. The molecule has 4 heteroatoms. The maximum Gasteiger partial charge on any atom is 0.162 e. The monoisotopic (exact) mass is 281 g/mol. The van der Waals surface area contributed by atoms with Crippen LogP contribution in [0.25, 0.3) is 0 Å². The van der Waals surface area contributed by atoms with E-state index in [4.69, 9.17) is 19.5 Å². The molecule has 0 aromatic heterocycles. The molecule has 2 aromatic rings. The van der Waals surface area contributed by atoms with Crippen LogP contribution in [-0.4, -0.2) is 20.3 Å². The summed E-state index contributed by atoms with van der Waals surface area (Å²) in [4.78, 5) is 0. The van der Waals surface area contributed by atoms with E-state index in [9.17, 15) is 0 Å². The molecule has 0 bridgehead atoms. The first-order chi connectivity index (χ1) is 10.3. The van der Waals surface area contributed by atoms with Crippen molar-refractivity contribution in [1.29, 1.82) is 5.26 Å². The Morgan fingerprint density at radius 1 is 1.24 bits per heavy atom. The van der Waals surface area contributed by atoms with E-state index in [1.165, 1.54) is 5.56 Å². The lowest BCUT2D eigenvalue weighted by molar-refractivity contribution is 0.240. The van der Waals surface area contributed by atoms with Crippen LogP contribution >= 0.6 is 0 Å². The van der Waals surface area contributed by atoms with Crippen molar-refractivity contribution in [3.05, 3.63) is 53.6 Å². The maximum absolute atomic E-state index is 8.90. The molecule has 0 saturated carbocycles. The van der Waals surface area contributed by atoms with Crippen LogP contribution in [0, 0.1) is 11.3 Å². The minimum absolute atomic E-state index is 0.210. The van der Waals surface area contributed by atoms with Crippen LogP contribution in [0.1, 0.15) is 17.0 Å². The van der Waals surface area contributed by atoms with E-state index in [-0.39, 0.29) is 5.92 Å². The van der Waals surface area contributed by atoms with Gasteiger partial charge in [0.25, 0.3) is 0 Å². The van der Waals surface area contributed by atoms with Gasteiger partial charge in [0.2, 0.25) is 0 Å². The highest BCUT2D eigenvalue weighted by Crippen LogP contribution is 2.35. The molecule has 0 spiro atoms. The number of hydrogen-bond acceptors (Lipinski definition) is 4. The minimum Gasteiger partial charge on any atom is -0.493 e. The van der Waals surface area contributed by atoms with Crippen LogP contribution in [0.2, 0.25) is 0 Å². The summed E-state index contributed by atoms with van der Waals surface area (Å²) >= 11 is 0. The van der Waals surface area contributed by atoms with E-state index >= 15 is 0 Å². The van der Waals surface area contributed by atoms with Crippen LogP contribution in [0.3, 0.4) is 0 Å². The van der Waals surface area contributed by atoms with Gasteiger partial charge in [0.1, 0.15) is 5.75 Å². The molecular formula is C17H15NO3. The normalized spacial score (nSPS) is 15.7. The second-order valence-electron chi connectivity index (χ2n) is 4.83. The van der Waals surface area contributed by atoms with Crippen molar-refractivity contribution >= 4 is 0 Å². The Morgan fingerprint density at radius 2 is 2.10 bits per heavy atom. The summed E-state index contributed by atoms with van der Waals surface area (Å²) < 4.78 is 16.8. The lowest BCUT2D eigenvalue weighted by Crippen LogP contribution is -2.12. The molecule has 1 heterocycles. The van der Waals surface area contributed by atoms with Gasteiger partial charge in [-0.3, -0.25) is 0 Å². The Balaban J connectivity index is 1.73. The van der Waals surface area contributed by atoms with Crippen LogP contribution in [0.5, 0.6) is 17.2 Å². The summed E-state index contributed by atoms with van der Waals surface area (Å²) in [6, 6.07) is 15.2. The summed E-state index contributed by atoms with van der Waals surface area (Å²) in [7, 11) is 1.57. The fraction of sp³-hybridized carbons (Fsp3) is 0.235. The molecule has 1 aliphatic heterocycles. The molecule has 106 valence electrons. The highest BCUT2D eigenvalue weighted by Gasteiger charge is 2.24. The topological polar surface area (TPSA) is 51.5 Å². The molecule has 0 fully saturated rings. The number of nitriles is 1. The zero-order valence-electron chi connectivity index (χ0n) is 11.7. The van der Waals surface area contributed by atoms with Crippen LogP contribution in [0.15, 0.2) is 42.5 Å². The van der Waals surface area contributed by atoms with Gasteiger partial charge in [-0.2, -0.15) is 5.26 Å². The van der Waals surface area contributed by atoms with Crippen molar-refractivity contribution < 1.29 is 14.2 Å². The number of rotatable bonds is 4. The fourth-order valence-corrected chi connectivity index (χ4v) is 2.41. The van der Waals surface area contributed by atoms with Gasteiger partial charge in [-0.1, -0.05) is 18.2 Å². The molecule has 0 N–H and O–H groups in total. The van der Waals surface area contributed by atoms with E-state index in [1.54, 1.807) is 25.3 Å². The largest absolute Gasteiger partial charge is 0.493 e. The molecule has 1 unspecified atom stereocenters. The maximum atomic E-state index is 8.90. The van der Waals surface area contributed by atoms with Crippen molar-refractivity contribution in [1.82, 2.24) is 0 Å². The van der Waals surface area contributed by atoms with Crippen molar-refractivity contribution in [3.8, 4) is 23.3 Å². The third-order valence-electron chi connectivity index (χ3n) is 3.53. The zero-order valence-corrected chi connectivity index (χ0v) is 11.7. The predicted octanol–water partition coefficient (Wildman–Crippen LogP) is 3.12. The minimum atomic E-state index is 0.210. The third kappa shape index (κ3) is 2.63. The summed E-state index contributed by atoms with van der Waals surface area (Å²) in [6.07, 6.45) is 0. The zero-order chi connectivity index (χ0) is 14.7. The summed E-state index contributed by atoms with van der Waals surface area (Å²) in [6.45, 7) is 1.14. The number of fused-ring (bicyclic) bond motifs is 1. The van der Waals surface area contributed by atoms with Crippen molar-refractivity contribution in [3.63, 3.8) is 0 Å². The Bertz CT molecular complexity index is 691. The Labute approximate surface area is 123 Å². The van der Waals surface area contributed by atoms with Gasteiger partial charge in [-0.05, 0) is 18.2 Å². The summed E-state index contributed by atoms with van der Waals surface area (Å²) in [5, 5.41) is 8.90. The van der Waals surface area contributed by atoms with E-state index in [1.807, 2.05) is 18.2 Å². The van der Waals surface area contributed by atoms with Gasteiger partial charge in [-0.25, -0.2) is 0 Å². The summed E-state index contributed by atoms with van der Waals surface area (Å²) in [5.74, 6) is 2.35. The fourth-order valence-electron chi connectivity index (χ4n) is 2.41. The molecule has 0 saturated heterocycles. The second-order valence-corrected chi connectivity index (χ2v) is 4.83. The second kappa shape index (κ2) is 5.76. The van der Waals surface area contributed by atoms with Crippen molar-refractivity contribution in [2.24, 2.45) is 0 Å². The molecule has 0 aliphatic carbocycles. The first kappa shape index (κ1) is 13.3. The summed E-state index contributed by atoms with van der Waals surface area (Å²) in [5.41, 5.74) is 1.72. The molecular weight excluding hydrogens is 266 g/mol. The third-order valence-corrected chi connectivity index (χ3v) is 3.53. The molecule has 1 aliphatic rings. The van der Waals surface area contributed by atoms with Crippen molar-refractivity contribution in [2.75, 3.05) is 20.3 Å². The molecule has 2 aromatic carbocycles. The van der Waals surface area contributed by atoms with Gasteiger partial charge in [0.15, 0.2) is 11.5 Å². The van der Waals surface area contributed by atoms with E-state index < -0.39 is 0 Å². The molecule has 4 nitrogen and oxygen atoms in total. The standard InChI is InChI=1S/C17H15NO3/c1-19-17-8-12(9-18)6-7-16(17)21-11-13-10-20-15-5-3-2-4-14(13)15/h2-8,13H,10-11H2,1H3. The van der Waals surface area contributed by atoms with E-state index in [0.717, 1.165) is 5.75 Å². The van der Waals surface area contributed by atoms with Crippen LogP contribution in [-0.2, 0) is 0 Å². The van der Waals surface area contributed by atoms with Gasteiger partial charge in [-0.15, -0.1) is 0 Å². The lowest BCUT2D eigenvalue weighted by Gasteiger charge is -2.14. The SMILES string of the molecule is COc1cc(C#N)ccc1OCC1COc2ccccc21. The number of ether oxygens (including phenoxy) is 3. The molecule has 0 amide bonds. The molecule has 3 rings (SSSR count). The van der Waals surface area contributed by atoms with Gasteiger partial charge in [0, 0.05) is 11.6 Å². The number of benzene rings is 2. The number of hydrogen-bond donors (Lipinski definition) is 0. The molecule has 0 radical (unpaired) electrons. The molecule has 21 heavy (non-hydrogen) atoms. The number of nitrogens with zero attached hydrogens (tertiary/aromatic N) is 1. The average Bonchev–Trinajstić information content (AvgIpc) is 2.96. The number of para-hydroxylation sites is 1.